The highest BCUT2D eigenvalue weighted by molar-refractivity contribution is 7.59. The summed E-state index contributed by atoms with van der Waals surface area (Å²) >= 11 is 0. The number of hydrogen-bond acceptors (Lipinski definition) is 1. The lowest BCUT2D eigenvalue weighted by Gasteiger charge is -2.41. The largest absolute Gasteiger partial charge is 0.458 e. The second-order valence-corrected chi connectivity index (χ2v) is 35.7. The van der Waals surface area contributed by atoms with E-state index in [0.29, 0.717) is 0 Å². The number of hydrogen-bond donors (Lipinski definition) is 0. The lowest BCUT2D eigenvalue weighted by atomic mass is 11.8. The van der Waals surface area contributed by atoms with Crippen LogP contribution in [0, 0.1) is 0 Å². The van der Waals surface area contributed by atoms with Crippen LogP contribution in [0.1, 0.15) is 0 Å². The zero-order valence-electron chi connectivity index (χ0n) is 10.6. The van der Waals surface area contributed by atoms with Gasteiger partial charge in [0, 0.05) is 9.04 Å². The average molecular weight is 251 g/mol. The van der Waals surface area contributed by atoms with E-state index in [1.165, 1.54) is 0 Å². The zero-order valence-corrected chi connectivity index (χ0v) is 15.0. The summed E-state index contributed by atoms with van der Waals surface area (Å²) < 4.78 is 6.46. The van der Waals surface area contributed by atoms with Gasteiger partial charge in [-0.2, -0.15) is 0 Å². The van der Waals surface area contributed by atoms with Crippen molar-refractivity contribution in [3.63, 3.8) is 0 Å². The predicted octanol–water partition coefficient (Wildman–Crippen LogP) is 2.54. The van der Waals surface area contributed by atoms with Gasteiger partial charge in [-0.05, 0) is 32.7 Å². The molecule has 0 radical (unpaired) electrons. The van der Waals surface area contributed by atoms with Crippen molar-refractivity contribution in [2.24, 2.45) is 0 Å². The van der Waals surface area contributed by atoms with Crippen molar-refractivity contribution < 1.29 is 4.12 Å². The highest BCUT2D eigenvalue weighted by Crippen LogP contribution is 2.23. The van der Waals surface area contributed by atoms with E-state index in [2.05, 4.69) is 52.4 Å². The topological polar surface area (TPSA) is 9.23 Å². The smallest absolute Gasteiger partial charge is 0.170 e. The van der Waals surface area contributed by atoms with Crippen molar-refractivity contribution in [3.05, 3.63) is 0 Å². The Morgan fingerprint density at radius 2 is 1.23 bits per heavy atom. The average Bonchev–Trinajstić information content (AvgIpc) is 1.81. The first-order valence-electron chi connectivity index (χ1n) is 5.22. The molecule has 0 aliphatic rings. The van der Waals surface area contributed by atoms with Crippen LogP contribution >= 0.6 is 0 Å². The molecule has 0 aliphatic heterocycles. The fraction of sp³-hybridized carbons (Fsp3) is 1.00. The summed E-state index contributed by atoms with van der Waals surface area (Å²) in [5.41, 5.74) is 0. The molecule has 0 aromatic carbocycles. The van der Waals surface area contributed by atoms with Crippen molar-refractivity contribution in [1.29, 1.82) is 0 Å². The van der Waals surface area contributed by atoms with E-state index in [1.54, 1.807) is 0 Å². The van der Waals surface area contributed by atoms with Crippen LogP contribution in [-0.2, 0) is 4.12 Å². The molecule has 1 nitrogen and oxygen atoms in total. The Kier molecular flexibility index (Phi) is 4.40. The molecule has 0 aliphatic carbocycles. The van der Waals surface area contributed by atoms with Crippen LogP contribution < -0.4 is 0 Å². The minimum absolute atomic E-state index is 0.167. The molecule has 0 spiro atoms. The minimum Gasteiger partial charge on any atom is -0.458 e. The highest BCUT2D eigenvalue weighted by atomic mass is 29.6. The Labute approximate surface area is 88.9 Å². The van der Waals surface area contributed by atoms with Crippen LogP contribution in [-0.4, -0.2) is 32.3 Å². The molecule has 0 heterocycles. The lowest BCUT2D eigenvalue weighted by molar-refractivity contribution is 0.571. The summed E-state index contributed by atoms with van der Waals surface area (Å²) in [5, 5.41) is 0. The van der Waals surface area contributed by atoms with Crippen LogP contribution in [0.2, 0.25) is 52.4 Å². The summed E-state index contributed by atoms with van der Waals surface area (Å²) in [4.78, 5) is 0. The van der Waals surface area contributed by atoms with Gasteiger partial charge in [-0.1, -0.05) is 19.6 Å². The maximum atomic E-state index is 6.46. The van der Waals surface area contributed by atoms with Gasteiger partial charge in [0.1, 0.15) is 0 Å². The Morgan fingerprint density at radius 1 is 0.846 bits per heavy atom. The third kappa shape index (κ3) is 4.24. The van der Waals surface area contributed by atoms with Gasteiger partial charge in [-0.3, -0.25) is 0 Å². The fourth-order valence-corrected chi connectivity index (χ4v) is 26.8. The SMILES string of the molecule is C[SiH2][Si](C)(C)[Si](C)(C)O[Si](C)(C)C. The first-order chi connectivity index (χ1) is 5.52. The molecule has 0 aromatic rings. The molecule has 0 unspecified atom stereocenters. The van der Waals surface area contributed by atoms with Gasteiger partial charge in [-0.25, -0.2) is 0 Å². The molecule has 5 heteroatoms. The van der Waals surface area contributed by atoms with Crippen molar-refractivity contribution in [2.75, 3.05) is 0 Å². The van der Waals surface area contributed by atoms with Crippen LogP contribution in [0.3, 0.4) is 0 Å². The molecule has 80 valence electrons. The first kappa shape index (κ1) is 13.8. The molecule has 0 amide bonds. The van der Waals surface area contributed by atoms with Gasteiger partial charge in [0.25, 0.3) is 0 Å². The standard InChI is InChI=1S/C8H26OSi4/c1-10-13(7,8)12(5,6)9-11(2,3)4/h10H2,1-8H3. The maximum Gasteiger partial charge on any atom is 0.170 e. The van der Waals surface area contributed by atoms with Crippen molar-refractivity contribution >= 4 is 32.3 Å². The van der Waals surface area contributed by atoms with Gasteiger partial charge in [0.2, 0.25) is 0 Å². The van der Waals surface area contributed by atoms with Crippen LogP contribution in [0.25, 0.3) is 0 Å². The predicted molar refractivity (Wildman–Crippen MR) is 73.8 cm³/mol. The van der Waals surface area contributed by atoms with E-state index < -0.39 is 23.3 Å². The molecule has 13 heavy (non-hydrogen) atoms. The maximum absolute atomic E-state index is 6.46. The van der Waals surface area contributed by atoms with Gasteiger partial charge in [-0.15, -0.1) is 0 Å². The van der Waals surface area contributed by atoms with E-state index in [0.717, 1.165) is 0 Å². The molecule has 0 rings (SSSR count). The molecular weight excluding hydrogens is 224 g/mol. The highest BCUT2D eigenvalue weighted by Gasteiger charge is 2.43. The van der Waals surface area contributed by atoms with E-state index >= 15 is 0 Å². The van der Waals surface area contributed by atoms with Gasteiger partial charge in [0.15, 0.2) is 16.2 Å². The van der Waals surface area contributed by atoms with E-state index in [-0.39, 0.29) is 9.04 Å². The van der Waals surface area contributed by atoms with E-state index in [1.807, 2.05) is 0 Å². The monoisotopic (exact) mass is 250 g/mol. The second kappa shape index (κ2) is 4.14. The summed E-state index contributed by atoms with van der Waals surface area (Å²) in [6.07, 6.45) is 0. The first-order valence-corrected chi connectivity index (χ1v) is 19.3. The Hall–Kier alpha value is 0.828. The third-order valence-corrected chi connectivity index (χ3v) is 39.4. The van der Waals surface area contributed by atoms with Crippen LogP contribution in [0.4, 0.5) is 0 Å². The molecule has 0 bridgehead atoms. The lowest BCUT2D eigenvalue weighted by Crippen LogP contribution is -2.63. The van der Waals surface area contributed by atoms with Crippen molar-refractivity contribution in [3.8, 4) is 0 Å². The fourth-order valence-electron chi connectivity index (χ4n) is 1.33. The Morgan fingerprint density at radius 3 is 1.46 bits per heavy atom. The summed E-state index contributed by atoms with van der Waals surface area (Å²) in [6, 6.07) is 0. The molecule has 0 N–H and O–H groups in total. The van der Waals surface area contributed by atoms with E-state index in [9.17, 15) is 0 Å². The Bertz CT molecular complexity index is 171. The molecular formula is C8H26OSi4. The quantitative estimate of drug-likeness (QED) is 0.697. The van der Waals surface area contributed by atoms with Gasteiger partial charge in [0.05, 0.1) is 7.11 Å². The van der Waals surface area contributed by atoms with Crippen molar-refractivity contribution in [2.45, 2.75) is 52.4 Å². The number of rotatable bonds is 4. The van der Waals surface area contributed by atoms with Crippen LogP contribution in [0.5, 0.6) is 0 Å². The summed E-state index contributed by atoms with van der Waals surface area (Å²) in [6.45, 7) is 19.4. The van der Waals surface area contributed by atoms with E-state index in [4.69, 9.17) is 4.12 Å². The van der Waals surface area contributed by atoms with Gasteiger partial charge < -0.3 is 4.12 Å². The van der Waals surface area contributed by atoms with Crippen molar-refractivity contribution in [1.82, 2.24) is 0 Å². The Balaban J connectivity index is 4.58. The normalized spacial score (nSPS) is 15.7. The zero-order chi connectivity index (χ0) is 10.9. The molecule has 0 fully saturated rings. The molecule has 0 saturated carbocycles. The minimum atomic E-state index is -1.30. The second-order valence-electron chi connectivity index (χ2n) is 5.96. The van der Waals surface area contributed by atoms with Gasteiger partial charge >= 0.3 is 0 Å². The molecule has 0 aromatic heterocycles. The summed E-state index contributed by atoms with van der Waals surface area (Å²) in [5.74, 6) is 0. The molecule has 0 atom stereocenters. The third-order valence-electron chi connectivity index (χ3n) is 3.08. The van der Waals surface area contributed by atoms with Crippen LogP contribution in [0.15, 0.2) is 0 Å². The molecule has 0 saturated heterocycles. The summed E-state index contributed by atoms with van der Waals surface area (Å²) in [7, 11) is -3.36.